The van der Waals surface area contributed by atoms with Crippen LogP contribution in [0.3, 0.4) is 0 Å². The van der Waals surface area contributed by atoms with Crippen molar-refractivity contribution in [1.82, 2.24) is 10.2 Å². The minimum absolute atomic E-state index is 0.0632. The van der Waals surface area contributed by atoms with Crippen LogP contribution >= 0.6 is 0 Å². The van der Waals surface area contributed by atoms with Crippen molar-refractivity contribution in [3.63, 3.8) is 0 Å². The first-order chi connectivity index (χ1) is 10.9. The number of nitrogens with one attached hydrogen (secondary N) is 1. The van der Waals surface area contributed by atoms with Crippen molar-refractivity contribution in [1.29, 1.82) is 0 Å². The maximum atomic E-state index is 12.9. The average Bonchev–Trinajstić information content (AvgIpc) is 2.94. The lowest BCUT2D eigenvalue weighted by molar-refractivity contribution is -0.131. The van der Waals surface area contributed by atoms with Crippen LogP contribution in [-0.4, -0.2) is 46.7 Å². The van der Waals surface area contributed by atoms with E-state index in [1.165, 1.54) is 38.5 Å². The van der Waals surface area contributed by atoms with E-state index in [9.17, 15) is 9.90 Å². The Labute approximate surface area is 140 Å². The van der Waals surface area contributed by atoms with Crippen molar-refractivity contribution in [2.24, 2.45) is 23.7 Å². The summed E-state index contributed by atoms with van der Waals surface area (Å²) in [5, 5.41) is 13.3. The molecule has 4 aliphatic carbocycles. The van der Waals surface area contributed by atoms with Gasteiger partial charge in [-0.05, 0) is 89.0 Å². The minimum atomic E-state index is -0.265. The van der Waals surface area contributed by atoms with Crippen LogP contribution in [0.25, 0.3) is 0 Å². The summed E-state index contributed by atoms with van der Waals surface area (Å²) in [5.41, 5.74) is 0.115. The Morgan fingerprint density at radius 1 is 1.13 bits per heavy atom. The molecule has 4 nitrogen and oxygen atoms in total. The van der Waals surface area contributed by atoms with Crippen LogP contribution < -0.4 is 5.32 Å². The first-order valence-electron chi connectivity index (χ1n) is 9.68. The topological polar surface area (TPSA) is 52.6 Å². The van der Waals surface area contributed by atoms with E-state index in [4.69, 9.17) is 0 Å². The van der Waals surface area contributed by atoms with Gasteiger partial charge in [-0.2, -0.15) is 0 Å². The maximum Gasteiger partial charge on any atom is 0.237 e. The fraction of sp³-hybridized carbons (Fsp3) is 0.947. The number of likely N-dealkylation sites (tertiary alicyclic amines) is 1. The fourth-order valence-electron chi connectivity index (χ4n) is 6.36. The summed E-state index contributed by atoms with van der Waals surface area (Å²) >= 11 is 0. The smallest absolute Gasteiger partial charge is 0.237 e. The molecule has 23 heavy (non-hydrogen) atoms. The molecule has 1 aliphatic heterocycles. The highest BCUT2D eigenvalue weighted by Gasteiger charge is 2.52. The van der Waals surface area contributed by atoms with Crippen molar-refractivity contribution >= 4 is 5.91 Å². The molecule has 3 unspecified atom stereocenters. The third-order valence-electron chi connectivity index (χ3n) is 7.29. The standard InChI is InChI=1S/C19H32N2O2/c1-12(21-4-3-17(11-21)13(2)22)18(23)20-19-8-14-5-15(9-19)7-16(6-14)10-19/h12-17,22H,3-11H2,1-2H3,(H,20,23). The fourth-order valence-corrected chi connectivity index (χ4v) is 6.36. The van der Waals surface area contributed by atoms with E-state index >= 15 is 0 Å². The third-order valence-corrected chi connectivity index (χ3v) is 7.29. The molecule has 0 aromatic rings. The molecule has 4 heteroatoms. The van der Waals surface area contributed by atoms with Crippen LogP contribution in [0.15, 0.2) is 0 Å². The van der Waals surface area contributed by atoms with Crippen molar-refractivity contribution in [3.8, 4) is 0 Å². The lowest BCUT2D eigenvalue weighted by atomic mass is 9.53. The van der Waals surface area contributed by atoms with Crippen LogP contribution in [0.4, 0.5) is 0 Å². The molecule has 0 spiro atoms. The van der Waals surface area contributed by atoms with Gasteiger partial charge in [0, 0.05) is 12.1 Å². The highest BCUT2D eigenvalue weighted by Crippen LogP contribution is 2.55. The second-order valence-electron chi connectivity index (χ2n) is 9.15. The number of amides is 1. The van der Waals surface area contributed by atoms with Crippen molar-refractivity contribution in [2.45, 2.75) is 76.5 Å². The predicted molar refractivity (Wildman–Crippen MR) is 89.9 cm³/mol. The molecular formula is C19H32N2O2. The van der Waals surface area contributed by atoms with Crippen LogP contribution in [-0.2, 0) is 4.79 Å². The van der Waals surface area contributed by atoms with Gasteiger partial charge in [-0.1, -0.05) is 0 Å². The van der Waals surface area contributed by atoms with Crippen molar-refractivity contribution < 1.29 is 9.90 Å². The largest absolute Gasteiger partial charge is 0.393 e. The molecule has 1 amide bonds. The van der Waals surface area contributed by atoms with Gasteiger partial charge in [0.25, 0.3) is 0 Å². The number of carbonyl (C=O) groups excluding carboxylic acids is 1. The highest BCUT2D eigenvalue weighted by molar-refractivity contribution is 5.82. The number of hydrogen-bond acceptors (Lipinski definition) is 3. The molecule has 5 aliphatic rings. The Balaban J connectivity index is 1.38. The summed E-state index contributed by atoms with van der Waals surface area (Å²) in [4.78, 5) is 15.1. The van der Waals surface area contributed by atoms with Crippen molar-refractivity contribution in [2.75, 3.05) is 13.1 Å². The quantitative estimate of drug-likeness (QED) is 0.835. The molecule has 0 aromatic heterocycles. The average molecular weight is 320 g/mol. The molecule has 130 valence electrons. The van der Waals surface area contributed by atoms with Crippen LogP contribution in [0, 0.1) is 23.7 Å². The SMILES string of the molecule is CC(O)C1CCN(C(C)C(=O)NC23CC4CC(CC(C4)C2)C3)C1. The van der Waals surface area contributed by atoms with Gasteiger partial charge >= 0.3 is 0 Å². The van der Waals surface area contributed by atoms with E-state index in [1.807, 2.05) is 13.8 Å². The molecule has 1 saturated heterocycles. The Kier molecular flexibility index (Phi) is 3.96. The van der Waals surface area contributed by atoms with E-state index < -0.39 is 0 Å². The van der Waals surface area contributed by atoms with Crippen LogP contribution in [0.1, 0.15) is 58.8 Å². The van der Waals surface area contributed by atoms with E-state index in [1.54, 1.807) is 0 Å². The van der Waals surface area contributed by atoms with E-state index in [0.29, 0.717) is 5.92 Å². The van der Waals surface area contributed by atoms with E-state index in [0.717, 1.165) is 37.3 Å². The first kappa shape index (κ1) is 15.9. The molecule has 4 bridgehead atoms. The van der Waals surface area contributed by atoms with E-state index in [-0.39, 0.29) is 23.6 Å². The predicted octanol–water partition coefficient (Wildman–Crippen LogP) is 2.16. The molecule has 4 saturated carbocycles. The Hall–Kier alpha value is -0.610. The summed E-state index contributed by atoms with van der Waals surface area (Å²) in [6, 6.07) is -0.0632. The number of nitrogens with zero attached hydrogens (tertiary/aromatic N) is 1. The molecule has 3 atom stereocenters. The molecule has 5 rings (SSSR count). The minimum Gasteiger partial charge on any atom is -0.393 e. The summed E-state index contributed by atoms with van der Waals surface area (Å²) < 4.78 is 0. The summed E-state index contributed by atoms with van der Waals surface area (Å²) in [6.07, 6.45) is 8.62. The molecule has 1 heterocycles. The zero-order chi connectivity index (χ0) is 16.2. The maximum absolute atomic E-state index is 12.9. The molecule has 0 aromatic carbocycles. The molecule has 0 radical (unpaired) electrons. The van der Waals surface area contributed by atoms with Gasteiger partial charge in [0.15, 0.2) is 0 Å². The van der Waals surface area contributed by atoms with E-state index in [2.05, 4.69) is 10.2 Å². The number of rotatable bonds is 4. The second-order valence-corrected chi connectivity index (χ2v) is 9.15. The first-order valence-corrected chi connectivity index (χ1v) is 9.68. The lowest BCUT2D eigenvalue weighted by Gasteiger charge is -2.57. The van der Waals surface area contributed by atoms with Gasteiger partial charge in [0.1, 0.15) is 0 Å². The Morgan fingerprint density at radius 3 is 2.17 bits per heavy atom. The molecule has 2 N–H and O–H groups in total. The second kappa shape index (κ2) is 5.73. The number of hydrogen-bond donors (Lipinski definition) is 2. The zero-order valence-corrected chi connectivity index (χ0v) is 14.6. The lowest BCUT2D eigenvalue weighted by Crippen LogP contribution is -2.62. The normalized spacial score (nSPS) is 45.2. The van der Waals surface area contributed by atoms with Gasteiger partial charge in [0.2, 0.25) is 5.91 Å². The Bertz CT molecular complexity index is 441. The molecule has 5 fully saturated rings. The van der Waals surface area contributed by atoms with Crippen molar-refractivity contribution in [3.05, 3.63) is 0 Å². The number of carbonyl (C=O) groups is 1. The van der Waals surface area contributed by atoms with Gasteiger partial charge in [-0.25, -0.2) is 0 Å². The molecular weight excluding hydrogens is 288 g/mol. The summed E-state index contributed by atoms with van der Waals surface area (Å²) in [7, 11) is 0. The van der Waals surface area contributed by atoms with Gasteiger partial charge in [-0.3, -0.25) is 9.69 Å². The zero-order valence-electron chi connectivity index (χ0n) is 14.6. The van der Waals surface area contributed by atoms with Crippen LogP contribution in [0.2, 0.25) is 0 Å². The van der Waals surface area contributed by atoms with Crippen LogP contribution in [0.5, 0.6) is 0 Å². The third kappa shape index (κ3) is 2.93. The summed E-state index contributed by atoms with van der Waals surface area (Å²) in [6.45, 7) is 5.70. The summed E-state index contributed by atoms with van der Waals surface area (Å²) in [5.74, 6) is 3.14. The van der Waals surface area contributed by atoms with Gasteiger partial charge in [-0.15, -0.1) is 0 Å². The Morgan fingerprint density at radius 2 is 1.70 bits per heavy atom. The highest BCUT2D eigenvalue weighted by atomic mass is 16.3. The monoisotopic (exact) mass is 320 g/mol. The number of aliphatic hydroxyl groups excluding tert-OH is 1. The van der Waals surface area contributed by atoms with Gasteiger partial charge in [0.05, 0.1) is 12.1 Å². The number of aliphatic hydroxyl groups is 1. The van der Waals surface area contributed by atoms with Gasteiger partial charge < -0.3 is 10.4 Å².